The molecule has 0 radical (unpaired) electrons. The van der Waals surface area contributed by atoms with E-state index < -0.39 is 0 Å². The molecule has 0 bridgehead atoms. The zero-order chi connectivity index (χ0) is 9.68. The van der Waals surface area contributed by atoms with Crippen LogP contribution in [0.4, 0.5) is 0 Å². The largest absolute Gasteiger partial charge is 0.273 e. The second-order valence-corrected chi connectivity index (χ2v) is 3.99. The molecule has 1 amide bonds. The molecule has 0 N–H and O–H groups in total. The highest BCUT2D eigenvalue weighted by Gasteiger charge is 2.10. The lowest BCUT2D eigenvalue weighted by molar-refractivity contribution is -0.118. The lowest BCUT2D eigenvalue weighted by Crippen LogP contribution is -2.06. The molecule has 0 aromatic rings. The summed E-state index contributed by atoms with van der Waals surface area (Å²) in [6.07, 6.45) is 8.37. The molecular weight excluding hydrogens is 162 g/mol. The highest BCUT2D eigenvalue weighted by atomic mass is 16.1. The number of rotatable bonds is 2. The zero-order valence-corrected chi connectivity index (χ0v) is 8.36. The van der Waals surface area contributed by atoms with E-state index in [0.717, 1.165) is 12.8 Å². The number of hydrogen-bond donors (Lipinski definition) is 0. The summed E-state index contributed by atoms with van der Waals surface area (Å²) >= 11 is 0. The van der Waals surface area contributed by atoms with Crippen LogP contribution in [0.2, 0.25) is 0 Å². The quantitative estimate of drug-likeness (QED) is 0.640. The van der Waals surface area contributed by atoms with Gasteiger partial charge in [-0.15, -0.1) is 0 Å². The molecule has 0 saturated heterocycles. The second kappa shape index (κ2) is 4.95. The Bertz CT molecular complexity index is 228. The maximum Gasteiger partial charge on any atom is 0.245 e. The molecule has 1 heterocycles. The number of hydrogen-bond acceptors (Lipinski definition) is 1. The van der Waals surface area contributed by atoms with E-state index >= 15 is 0 Å². The third-order valence-electron chi connectivity index (χ3n) is 2.19. The molecule has 1 unspecified atom stereocenters. The summed E-state index contributed by atoms with van der Waals surface area (Å²) in [5, 5.41) is 0. The van der Waals surface area contributed by atoms with E-state index in [1.807, 2.05) is 6.08 Å². The van der Waals surface area contributed by atoms with Gasteiger partial charge >= 0.3 is 0 Å². The summed E-state index contributed by atoms with van der Waals surface area (Å²) in [5.41, 5.74) is 0. The molecule has 0 fully saturated rings. The highest BCUT2D eigenvalue weighted by molar-refractivity contribution is 5.88. The van der Waals surface area contributed by atoms with Gasteiger partial charge in [-0.2, -0.15) is 0 Å². The van der Waals surface area contributed by atoms with Gasteiger partial charge in [0.1, 0.15) is 0 Å². The van der Waals surface area contributed by atoms with Gasteiger partial charge in [0.25, 0.3) is 0 Å². The van der Waals surface area contributed by atoms with Crippen LogP contribution in [0.1, 0.15) is 33.1 Å². The molecule has 1 aliphatic rings. The van der Waals surface area contributed by atoms with Gasteiger partial charge in [-0.05, 0) is 30.8 Å². The molecule has 13 heavy (non-hydrogen) atoms. The van der Waals surface area contributed by atoms with Crippen molar-refractivity contribution < 1.29 is 4.79 Å². The van der Waals surface area contributed by atoms with Crippen molar-refractivity contribution in [1.29, 1.82) is 0 Å². The Morgan fingerprint density at radius 2 is 2.38 bits per heavy atom. The van der Waals surface area contributed by atoms with Gasteiger partial charge in [-0.1, -0.05) is 19.9 Å². The lowest BCUT2D eigenvalue weighted by atomic mass is 9.92. The van der Waals surface area contributed by atoms with Crippen molar-refractivity contribution in [3.63, 3.8) is 0 Å². The summed E-state index contributed by atoms with van der Waals surface area (Å²) < 4.78 is 0. The topological polar surface area (TPSA) is 29.4 Å². The number of amides is 1. The van der Waals surface area contributed by atoms with Gasteiger partial charge in [0.2, 0.25) is 5.91 Å². The monoisotopic (exact) mass is 179 g/mol. The van der Waals surface area contributed by atoms with E-state index in [9.17, 15) is 4.79 Å². The summed E-state index contributed by atoms with van der Waals surface area (Å²) in [6.45, 7) is 4.42. The fraction of sp³-hybridized carbons (Fsp3) is 0.636. The van der Waals surface area contributed by atoms with Crippen LogP contribution in [0.3, 0.4) is 0 Å². The molecule has 2 heteroatoms. The fourth-order valence-corrected chi connectivity index (χ4v) is 1.60. The van der Waals surface area contributed by atoms with E-state index in [-0.39, 0.29) is 5.91 Å². The SMILES string of the molecule is CC(C)CC1/C=C\C=NC(=O)CC1. The van der Waals surface area contributed by atoms with Crippen molar-refractivity contribution in [2.45, 2.75) is 33.1 Å². The molecule has 1 atom stereocenters. The summed E-state index contributed by atoms with van der Waals surface area (Å²) in [5.74, 6) is 1.26. The van der Waals surface area contributed by atoms with E-state index in [2.05, 4.69) is 24.9 Å². The molecule has 0 aromatic carbocycles. The first-order chi connectivity index (χ1) is 6.18. The summed E-state index contributed by atoms with van der Waals surface area (Å²) in [6, 6.07) is 0. The molecular formula is C11H17NO. The first-order valence-corrected chi connectivity index (χ1v) is 4.92. The molecule has 2 nitrogen and oxygen atoms in total. The van der Waals surface area contributed by atoms with Gasteiger partial charge in [0.15, 0.2) is 0 Å². The number of carbonyl (C=O) groups is 1. The van der Waals surface area contributed by atoms with Crippen LogP contribution < -0.4 is 0 Å². The molecule has 1 rings (SSSR count). The first-order valence-electron chi connectivity index (χ1n) is 4.92. The van der Waals surface area contributed by atoms with Gasteiger partial charge in [0, 0.05) is 12.6 Å². The second-order valence-electron chi connectivity index (χ2n) is 3.99. The predicted molar refractivity (Wildman–Crippen MR) is 54.8 cm³/mol. The van der Waals surface area contributed by atoms with Crippen molar-refractivity contribution in [2.75, 3.05) is 0 Å². The Morgan fingerprint density at radius 1 is 1.62 bits per heavy atom. The average Bonchev–Trinajstić information content (AvgIpc) is 2.03. The van der Waals surface area contributed by atoms with Crippen LogP contribution in [0.5, 0.6) is 0 Å². The molecule has 0 saturated carbocycles. The number of aliphatic imine (C=N–C) groups is 1. The van der Waals surface area contributed by atoms with E-state index in [1.165, 1.54) is 0 Å². The van der Waals surface area contributed by atoms with Crippen molar-refractivity contribution in [1.82, 2.24) is 0 Å². The predicted octanol–water partition coefficient (Wildman–Crippen LogP) is 2.60. The summed E-state index contributed by atoms with van der Waals surface area (Å²) in [7, 11) is 0. The molecule has 0 spiro atoms. The van der Waals surface area contributed by atoms with E-state index in [0.29, 0.717) is 18.3 Å². The number of allylic oxidation sites excluding steroid dienone is 2. The number of carbonyl (C=O) groups excluding carboxylic acids is 1. The first kappa shape index (κ1) is 10.2. The van der Waals surface area contributed by atoms with Crippen LogP contribution in [0.25, 0.3) is 0 Å². The van der Waals surface area contributed by atoms with Crippen LogP contribution in [-0.4, -0.2) is 12.1 Å². The van der Waals surface area contributed by atoms with Crippen molar-refractivity contribution in [3.8, 4) is 0 Å². The fourth-order valence-electron chi connectivity index (χ4n) is 1.60. The van der Waals surface area contributed by atoms with Crippen LogP contribution in [-0.2, 0) is 4.79 Å². The molecule has 0 aliphatic carbocycles. The third-order valence-corrected chi connectivity index (χ3v) is 2.19. The van der Waals surface area contributed by atoms with Crippen molar-refractivity contribution >= 4 is 12.1 Å². The maximum atomic E-state index is 11.0. The lowest BCUT2D eigenvalue weighted by Gasteiger charge is -2.14. The third kappa shape index (κ3) is 4.02. The van der Waals surface area contributed by atoms with Gasteiger partial charge in [0.05, 0.1) is 0 Å². The van der Waals surface area contributed by atoms with Gasteiger partial charge in [-0.3, -0.25) is 4.79 Å². The Balaban J connectivity index is 2.52. The standard InChI is InChI=1S/C11H17NO/c1-9(2)8-10-4-3-7-12-11(13)6-5-10/h3-4,7,9-10H,5-6,8H2,1-2H3/b4-3-,12-7?. The number of nitrogens with zero attached hydrogens (tertiary/aromatic N) is 1. The minimum Gasteiger partial charge on any atom is -0.273 e. The maximum absolute atomic E-state index is 11.0. The molecule has 1 aliphatic heterocycles. The minimum absolute atomic E-state index is 0.0121. The Kier molecular flexibility index (Phi) is 3.87. The minimum atomic E-state index is 0.0121. The van der Waals surface area contributed by atoms with Crippen LogP contribution in [0, 0.1) is 11.8 Å². The van der Waals surface area contributed by atoms with E-state index in [1.54, 1.807) is 6.21 Å². The van der Waals surface area contributed by atoms with Crippen LogP contribution >= 0.6 is 0 Å². The Morgan fingerprint density at radius 3 is 3.08 bits per heavy atom. The van der Waals surface area contributed by atoms with Gasteiger partial charge in [-0.25, -0.2) is 4.99 Å². The van der Waals surface area contributed by atoms with Crippen LogP contribution in [0.15, 0.2) is 17.1 Å². The Hall–Kier alpha value is -0.920. The smallest absolute Gasteiger partial charge is 0.245 e. The molecule has 72 valence electrons. The normalized spacial score (nSPS) is 25.8. The highest BCUT2D eigenvalue weighted by Crippen LogP contribution is 2.19. The average molecular weight is 179 g/mol. The van der Waals surface area contributed by atoms with E-state index in [4.69, 9.17) is 0 Å². The van der Waals surface area contributed by atoms with Crippen molar-refractivity contribution in [3.05, 3.63) is 12.2 Å². The molecule has 0 aromatic heterocycles. The zero-order valence-electron chi connectivity index (χ0n) is 8.36. The van der Waals surface area contributed by atoms with Crippen molar-refractivity contribution in [2.24, 2.45) is 16.8 Å². The Labute approximate surface area is 79.8 Å². The summed E-state index contributed by atoms with van der Waals surface area (Å²) in [4.78, 5) is 14.8. The van der Waals surface area contributed by atoms with Gasteiger partial charge < -0.3 is 0 Å².